The minimum Gasteiger partial charge on any atom is -0.491 e. The molecular formula is C24H29ClN4O4. The molecule has 0 unspecified atom stereocenters. The number of benzene rings is 1. The number of rotatable bonds is 2. The van der Waals surface area contributed by atoms with E-state index in [9.17, 15) is 14.4 Å². The molecule has 0 spiro atoms. The van der Waals surface area contributed by atoms with Crippen molar-refractivity contribution >= 4 is 29.3 Å². The van der Waals surface area contributed by atoms with Crippen molar-refractivity contribution in [2.24, 2.45) is 5.92 Å². The molecule has 0 fully saturated rings. The number of aromatic nitrogens is 1. The number of nitrogens with zero attached hydrogens (tertiary/aromatic N) is 2. The Morgan fingerprint density at radius 1 is 1.21 bits per heavy atom. The molecule has 9 heteroatoms. The Kier molecular flexibility index (Phi) is 8.65. The lowest BCUT2D eigenvalue weighted by Gasteiger charge is -2.26. The van der Waals surface area contributed by atoms with Gasteiger partial charge in [-0.25, -0.2) is 0 Å². The van der Waals surface area contributed by atoms with Crippen molar-refractivity contribution in [3.63, 3.8) is 0 Å². The van der Waals surface area contributed by atoms with Crippen LogP contribution in [0.2, 0.25) is 5.02 Å². The Hall–Kier alpha value is -3.13. The van der Waals surface area contributed by atoms with E-state index in [1.54, 1.807) is 42.6 Å². The number of halogens is 1. The third-order valence-electron chi connectivity index (χ3n) is 5.40. The summed E-state index contributed by atoms with van der Waals surface area (Å²) in [7, 11) is 0. The normalized spacial score (nSPS) is 18.3. The minimum absolute atomic E-state index is 0.0640. The molecule has 176 valence electrons. The van der Waals surface area contributed by atoms with Gasteiger partial charge >= 0.3 is 0 Å². The van der Waals surface area contributed by atoms with Crippen LogP contribution in [0.25, 0.3) is 0 Å². The van der Waals surface area contributed by atoms with E-state index in [-0.39, 0.29) is 48.5 Å². The van der Waals surface area contributed by atoms with E-state index in [2.05, 4.69) is 15.6 Å². The lowest BCUT2D eigenvalue weighted by atomic mass is 10.1. The van der Waals surface area contributed by atoms with Crippen molar-refractivity contribution < 1.29 is 19.1 Å². The van der Waals surface area contributed by atoms with Crippen molar-refractivity contribution in [3.05, 3.63) is 58.9 Å². The summed E-state index contributed by atoms with van der Waals surface area (Å²) in [4.78, 5) is 44.2. The fourth-order valence-electron chi connectivity index (χ4n) is 3.44. The van der Waals surface area contributed by atoms with Gasteiger partial charge < -0.3 is 20.3 Å². The van der Waals surface area contributed by atoms with Crippen LogP contribution >= 0.6 is 11.6 Å². The number of nitrogens with one attached hydrogen (secondary N) is 2. The summed E-state index contributed by atoms with van der Waals surface area (Å²) in [6, 6.07) is 9.66. The van der Waals surface area contributed by atoms with Crippen molar-refractivity contribution in [1.82, 2.24) is 20.5 Å². The quantitative estimate of drug-likeness (QED) is 0.700. The number of ether oxygens (including phenoxy) is 1. The van der Waals surface area contributed by atoms with E-state index in [4.69, 9.17) is 16.3 Å². The number of amides is 3. The van der Waals surface area contributed by atoms with Crippen molar-refractivity contribution in [1.29, 1.82) is 0 Å². The second kappa shape index (κ2) is 11.7. The van der Waals surface area contributed by atoms with Crippen LogP contribution < -0.4 is 15.4 Å². The second-order valence-electron chi connectivity index (χ2n) is 8.27. The van der Waals surface area contributed by atoms with Gasteiger partial charge in [0.05, 0.1) is 18.2 Å². The van der Waals surface area contributed by atoms with E-state index in [1.165, 1.54) is 4.90 Å². The highest BCUT2D eigenvalue weighted by atomic mass is 35.5. The zero-order valence-corrected chi connectivity index (χ0v) is 19.6. The molecule has 0 saturated carbocycles. The lowest BCUT2D eigenvalue weighted by Crippen LogP contribution is -2.48. The van der Waals surface area contributed by atoms with E-state index < -0.39 is 0 Å². The Bertz CT molecular complexity index is 984. The average molecular weight is 473 g/mol. The molecule has 3 amide bonds. The van der Waals surface area contributed by atoms with Gasteiger partial charge in [-0.05, 0) is 49.1 Å². The highest BCUT2D eigenvalue weighted by molar-refractivity contribution is 6.31. The van der Waals surface area contributed by atoms with Gasteiger partial charge in [0.25, 0.3) is 11.8 Å². The second-order valence-corrected chi connectivity index (χ2v) is 8.71. The summed E-state index contributed by atoms with van der Waals surface area (Å²) in [5, 5.41) is 6.28. The maximum Gasteiger partial charge on any atom is 0.272 e. The monoisotopic (exact) mass is 472 g/mol. The molecule has 3 rings (SSSR count). The van der Waals surface area contributed by atoms with Crippen LogP contribution in [0.1, 0.15) is 47.5 Å². The van der Waals surface area contributed by atoms with Crippen LogP contribution in [-0.4, -0.2) is 59.9 Å². The molecule has 1 atom stereocenters. The van der Waals surface area contributed by atoms with E-state index in [1.807, 2.05) is 13.8 Å². The summed E-state index contributed by atoms with van der Waals surface area (Å²) in [6.45, 7) is 4.79. The van der Waals surface area contributed by atoms with Gasteiger partial charge in [-0.1, -0.05) is 31.5 Å². The minimum atomic E-state index is -0.319. The highest BCUT2D eigenvalue weighted by Crippen LogP contribution is 2.23. The fraction of sp³-hybridized carbons (Fsp3) is 0.417. The summed E-state index contributed by atoms with van der Waals surface area (Å²) < 4.78 is 5.93. The molecule has 0 radical (unpaired) electrons. The molecule has 1 aliphatic heterocycles. The predicted octanol–water partition coefficient (Wildman–Crippen LogP) is 2.92. The molecule has 1 aromatic carbocycles. The van der Waals surface area contributed by atoms with Crippen molar-refractivity contribution in [3.8, 4) is 5.75 Å². The van der Waals surface area contributed by atoms with Crippen LogP contribution in [0.15, 0.2) is 42.6 Å². The zero-order chi connectivity index (χ0) is 23.8. The molecule has 2 aromatic rings. The van der Waals surface area contributed by atoms with Crippen LogP contribution in [0.4, 0.5) is 0 Å². The van der Waals surface area contributed by atoms with Gasteiger partial charge in [-0.3, -0.25) is 19.4 Å². The summed E-state index contributed by atoms with van der Waals surface area (Å²) in [6.07, 6.45) is 2.79. The van der Waals surface area contributed by atoms with Gasteiger partial charge in [0.15, 0.2) is 0 Å². The predicted molar refractivity (Wildman–Crippen MR) is 125 cm³/mol. The van der Waals surface area contributed by atoms with E-state index in [0.29, 0.717) is 42.3 Å². The first-order valence-corrected chi connectivity index (χ1v) is 11.4. The van der Waals surface area contributed by atoms with Gasteiger partial charge in [0, 0.05) is 24.3 Å². The van der Waals surface area contributed by atoms with Crippen LogP contribution in [0.3, 0.4) is 0 Å². The number of hydrogen-bond donors (Lipinski definition) is 2. The third-order valence-corrected chi connectivity index (χ3v) is 5.64. The maximum atomic E-state index is 13.0. The molecule has 0 saturated heterocycles. The van der Waals surface area contributed by atoms with Crippen LogP contribution in [0, 0.1) is 5.92 Å². The Labute approximate surface area is 198 Å². The standard InChI is InChI=1S/C24H29ClN4O4/c1-16(2)20-15-33-21-9-8-17(25)13-18(21)23(31)27-11-5-6-12-29(14-22(30)28-20)24(32)19-7-3-4-10-26-19/h3-4,7-10,13,16,20H,5-6,11-12,14-15H2,1-2H3,(H,27,31)(H,28,30)/t20-/m1/s1. The first-order valence-electron chi connectivity index (χ1n) is 11.1. The van der Waals surface area contributed by atoms with Crippen LogP contribution in [-0.2, 0) is 4.79 Å². The highest BCUT2D eigenvalue weighted by Gasteiger charge is 2.24. The maximum absolute atomic E-state index is 13.0. The molecular weight excluding hydrogens is 444 g/mol. The number of pyridine rings is 1. The number of carbonyl (C=O) groups is 3. The Morgan fingerprint density at radius 3 is 2.76 bits per heavy atom. The molecule has 0 bridgehead atoms. The summed E-state index contributed by atoms with van der Waals surface area (Å²) in [5.41, 5.74) is 0.630. The van der Waals surface area contributed by atoms with E-state index >= 15 is 0 Å². The van der Waals surface area contributed by atoms with Gasteiger partial charge in [0.1, 0.15) is 18.1 Å². The smallest absolute Gasteiger partial charge is 0.272 e. The Morgan fingerprint density at radius 2 is 2.03 bits per heavy atom. The van der Waals surface area contributed by atoms with Gasteiger partial charge in [-0.15, -0.1) is 0 Å². The van der Waals surface area contributed by atoms with Crippen molar-refractivity contribution in [2.75, 3.05) is 26.2 Å². The zero-order valence-electron chi connectivity index (χ0n) is 18.8. The first-order chi connectivity index (χ1) is 15.8. The Balaban J connectivity index is 1.82. The van der Waals surface area contributed by atoms with Crippen molar-refractivity contribution in [2.45, 2.75) is 32.7 Å². The molecule has 8 nitrogen and oxygen atoms in total. The molecule has 33 heavy (non-hydrogen) atoms. The molecule has 2 heterocycles. The van der Waals surface area contributed by atoms with Gasteiger partial charge in [0.2, 0.25) is 5.91 Å². The largest absolute Gasteiger partial charge is 0.491 e. The lowest BCUT2D eigenvalue weighted by molar-refractivity contribution is -0.123. The van der Waals surface area contributed by atoms with Gasteiger partial charge in [-0.2, -0.15) is 0 Å². The van der Waals surface area contributed by atoms with Crippen LogP contribution in [0.5, 0.6) is 5.75 Å². The summed E-state index contributed by atoms with van der Waals surface area (Å²) in [5.74, 6) is -0.401. The molecule has 0 aliphatic carbocycles. The number of carbonyl (C=O) groups excluding carboxylic acids is 3. The molecule has 1 aliphatic rings. The molecule has 2 N–H and O–H groups in total. The third kappa shape index (κ3) is 6.92. The average Bonchev–Trinajstić information content (AvgIpc) is 2.81. The SMILES string of the molecule is CC(C)[C@H]1COc2ccc(Cl)cc2C(=O)NCCCCN(C(=O)c2ccccn2)CC(=O)N1. The number of hydrogen-bond acceptors (Lipinski definition) is 5. The first kappa shape index (κ1) is 24.5. The number of fused-ring (bicyclic) bond motifs is 1. The fourth-order valence-corrected chi connectivity index (χ4v) is 3.61. The molecule has 1 aromatic heterocycles. The topological polar surface area (TPSA) is 101 Å². The summed E-state index contributed by atoms with van der Waals surface area (Å²) >= 11 is 6.10. The van der Waals surface area contributed by atoms with E-state index in [0.717, 1.165) is 0 Å².